The van der Waals surface area contributed by atoms with Gasteiger partial charge in [0.15, 0.2) is 5.13 Å². The van der Waals surface area contributed by atoms with Crippen LogP contribution in [0.15, 0.2) is 29.6 Å². The number of thiazole rings is 1. The third-order valence-electron chi connectivity index (χ3n) is 4.34. The first-order chi connectivity index (χ1) is 10.6. The van der Waals surface area contributed by atoms with E-state index < -0.39 is 0 Å². The average Bonchev–Trinajstić information content (AvgIpc) is 3.12. The number of anilines is 1. The minimum absolute atomic E-state index is 0.0129. The van der Waals surface area contributed by atoms with Crippen molar-refractivity contribution in [3.8, 4) is 0 Å². The second-order valence-corrected chi connectivity index (χ2v) is 6.70. The van der Waals surface area contributed by atoms with E-state index in [1.807, 2.05) is 5.38 Å². The van der Waals surface area contributed by atoms with Crippen LogP contribution in [-0.2, 0) is 17.8 Å². The van der Waals surface area contributed by atoms with Crippen molar-refractivity contribution in [2.45, 2.75) is 32.4 Å². The molecule has 0 saturated heterocycles. The number of nitrogens with zero attached hydrogens (tertiary/aromatic N) is 3. The van der Waals surface area contributed by atoms with Gasteiger partial charge in [-0.25, -0.2) is 4.98 Å². The highest BCUT2D eigenvalue weighted by atomic mass is 32.1. The van der Waals surface area contributed by atoms with Crippen LogP contribution in [0, 0.1) is 0 Å². The molecule has 1 amide bonds. The number of carbonyl (C=O) groups excluding carboxylic acids is 1. The lowest BCUT2D eigenvalue weighted by atomic mass is 10.1. The fourth-order valence-corrected chi connectivity index (χ4v) is 3.84. The largest absolute Gasteiger partial charge is 0.293 e. The normalized spacial score (nSPS) is 16.8. The number of hydrogen-bond acceptors (Lipinski definition) is 4. The first-order valence-electron chi connectivity index (χ1n) is 7.53. The van der Waals surface area contributed by atoms with E-state index in [4.69, 9.17) is 0 Å². The molecular formula is C17H21N3OS. The van der Waals surface area contributed by atoms with E-state index in [0.29, 0.717) is 6.04 Å². The van der Waals surface area contributed by atoms with Crippen molar-refractivity contribution < 1.29 is 4.79 Å². The van der Waals surface area contributed by atoms with Gasteiger partial charge in [0.05, 0.1) is 5.69 Å². The Hall–Kier alpha value is -1.72. The number of aromatic nitrogens is 1. The number of amides is 1. The van der Waals surface area contributed by atoms with E-state index in [2.05, 4.69) is 41.2 Å². The first kappa shape index (κ1) is 15.2. The SMILES string of the molecule is CC(=O)N(C)c1nc(CN(C)C2CCc3ccccc32)cs1. The molecule has 5 heteroatoms. The molecule has 0 aliphatic heterocycles. The first-order valence-corrected chi connectivity index (χ1v) is 8.41. The van der Waals surface area contributed by atoms with Gasteiger partial charge in [0.25, 0.3) is 0 Å². The molecule has 2 aromatic rings. The van der Waals surface area contributed by atoms with Gasteiger partial charge in [0, 0.05) is 31.9 Å². The summed E-state index contributed by atoms with van der Waals surface area (Å²) in [4.78, 5) is 19.9. The van der Waals surface area contributed by atoms with Gasteiger partial charge < -0.3 is 0 Å². The monoisotopic (exact) mass is 315 g/mol. The van der Waals surface area contributed by atoms with Gasteiger partial charge in [-0.1, -0.05) is 24.3 Å². The van der Waals surface area contributed by atoms with Crippen LogP contribution in [-0.4, -0.2) is 29.9 Å². The smallest absolute Gasteiger partial charge is 0.225 e. The van der Waals surface area contributed by atoms with E-state index in [-0.39, 0.29) is 5.91 Å². The van der Waals surface area contributed by atoms with Crippen LogP contribution in [0.1, 0.15) is 36.2 Å². The van der Waals surface area contributed by atoms with Gasteiger partial charge in [-0.15, -0.1) is 11.3 Å². The average molecular weight is 315 g/mol. The topological polar surface area (TPSA) is 36.4 Å². The molecule has 116 valence electrons. The maximum atomic E-state index is 11.4. The molecule has 22 heavy (non-hydrogen) atoms. The summed E-state index contributed by atoms with van der Waals surface area (Å²) < 4.78 is 0. The summed E-state index contributed by atoms with van der Waals surface area (Å²) in [6, 6.07) is 9.16. The minimum atomic E-state index is 0.0129. The zero-order chi connectivity index (χ0) is 15.7. The van der Waals surface area contributed by atoms with E-state index >= 15 is 0 Å². The number of benzene rings is 1. The molecular weight excluding hydrogens is 294 g/mol. The van der Waals surface area contributed by atoms with E-state index in [9.17, 15) is 4.79 Å². The minimum Gasteiger partial charge on any atom is -0.293 e. The summed E-state index contributed by atoms with van der Waals surface area (Å²) in [6.45, 7) is 2.36. The molecule has 0 saturated carbocycles. The van der Waals surface area contributed by atoms with E-state index in [0.717, 1.165) is 23.8 Å². The van der Waals surface area contributed by atoms with Crippen LogP contribution in [0.25, 0.3) is 0 Å². The lowest BCUT2D eigenvalue weighted by Crippen LogP contribution is -2.24. The molecule has 0 bridgehead atoms. The van der Waals surface area contributed by atoms with Crippen LogP contribution in [0.2, 0.25) is 0 Å². The van der Waals surface area contributed by atoms with Crippen LogP contribution in [0.5, 0.6) is 0 Å². The maximum Gasteiger partial charge on any atom is 0.225 e. The second-order valence-electron chi connectivity index (χ2n) is 5.87. The Balaban J connectivity index is 1.70. The molecule has 1 aromatic carbocycles. The number of hydrogen-bond donors (Lipinski definition) is 0. The lowest BCUT2D eigenvalue weighted by molar-refractivity contribution is -0.116. The fourth-order valence-electron chi connectivity index (χ4n) is 3.02. The standard InChI is InChI=1S/C17H21N3OS/c1-12(21)20(3)17-18-14(11-22-17)10-19(2)16-9-8-13-6-4-5-7-15(13)16/h4-7,11,16H,8-10H2,1-3H3. The van der Waals surface area contributed by atoms with Crippen molar-refractivity contribution >= 4 is 22.4 Å². The van der Waals surface area contributed by atoms with E-state index in [1.54, 1.807) is 18.9 Å². The Morgan fingerprint density at radius 2 is 2.14 bits per heavy atom. The molecule has 0 fully saturated rings. The quantitative estimate of drug-likeness (QED) is 0.869. The molecule has 1 aliphatic rings. The maximum absolute atomic E-state index is 11.4. The third kappa shape index (κ3) is 2.91. The van der Waals surface area contributed by atoms with Crippen molar-refractivity contribution in [2.24, 2.45) is 0 Å². The molecule has 3 rings (SSSR count). The molecule has 4 nitrogen and oxygen atoms in total. The van der Waals surface area contributed by atoms with E-state index in [1.165, 1.54) is 28.9 Å². The molecule has 1 aliphatic carbocycles. The second kappa shape index (κ2) is 6.18. The van der Waals surface area contributed by atoms with Crippen LogP contribution in [0.3, 0.4) is 0 Å². The third-order valence-corrected chi connectivity index (χ3v) is 5.31. The van der Waals surface area contributed by atoms with Gasteiger partial charge in [0.1, 0.15) is 0 Å². The molecule has 0 spiro atoms. The number of rotatable bonds is 4. The van der Waals surface area contributed by atoms with Crippen molar-refractivity contribution in [1.29, 1.82) is 0 Å². The molecule has 1 heterocycles. The predicted molar refractivity (Wildman–Crippen MR) is 90.2 cm³/mol. The van der Waals surface area contributed by atoms with Crippen molar-refractivity contribution in [3.05, 3.63) is 46.5 Å². The van der Waals surface area contributed by atoms with Gasteiger partial charge in [-0.2, -0.15) is 0 Å². The Morgan fingerprint density at radius 3 is 2.91 bits per heavy atom. The van der Waals surface area contributed by atoms with Gasteiger partial charge in [-0.05, 0) is 31.0 Å². The van der Waals surface area contributed by atoms with Crippen LogP contribution < -0.4 is 4.90 Å². The van der Waals surface area contributed by atoms with Gasteiger partial charge in [-0.3, -0.25) is 14.6 Å². The highest BCUT2D eigenvalue weighted by Crippen LogP contribution is 2.35. The Morgan fingerprint density at radius 1 is 1.36 bits per heavy atom. The summed E-state index contributed by atoms with van der Waals surface area (Å²) >= 11 is 1.52. The molecule has 0 N–H and O–H groups in total. The number of fused-ring (bicyclic) bond motifs is 1. The zero-order valence-corrected chi connectivity index (χ0v) is 14.1. The van der Waals surface area contributed by atoms with Crippen molar-refractivity contribution in [1.82, 2.24) is 9.88 Å². The van der Waals surface area contributed by atoms with Crippen molar-refractivity contribution in [2.75, 3.05) is 19.0 Å². The lowest BCUT2D eigenvalue weighted by Gasteiger charge is -2.24. The fraction of sp³-hybridized carbons (Fsp3) is 0.412. The molecule has 1 atom stereocenters. The Kier molecular flexibility index (Phi) is 4.27. The summed E-state index contributed by atoms with van der Waals surface area (Å²) in [7, 11) is 3.92. The highest BCUT2D eigenvalue weighted by molar-refractivity contribution is 7.14. The number of carbonyl (C=O) groups is 1. The summed E-state index contributed by atoms with van der Waals surface area (Å²) in [6.07, 6.45) is 2.32. The molecule has 0 radical (unpaired) electrons. The Labute approximate surface area is 135 Å². The van der Waals surface area contributed by atoms with Crippen LogP contribution in [0.4, 0.5) is 5.13 Å². The summed E-state index contributed by atoms with van der Waals surface area (Å²) in [5.74, 6) is 0.0129. The number of aryl methyl sites for hydroxylation is 1. The van der Waals surface area contributed by atoms with Gasteiger partial charge in [0.2, 0.25) is 5.91 Å². The Bertz CT molecular complexity index is 682. The molecule has 1 aromatic heterocycles. The van der Waals surface area contributed by atoms with Gasteiger partial charge >= 0.3 is 0 Å². The highest BCUT2D eigenvalue weighted by Gasteiger charge is 2.25. The summed E-state index contributed by atoms with van der Waals surface area (Å²) in [5, 5.41) is 2.81. The summed E-state index contributed by atoms with van der Waals surface area (Å²) in [5.41, 5.74) is 3.94. The predicted octanol–water partition coefficient (Wildman–Crippen LogP) is 3.25. The molecule has 1 unspecified atom stereocenters. The zero-order valence-electron chi connectivity index (χ0n) is 13.2. The van der Waals surface area contributed by atoms with Crippen molar-refractivity contribution in [3.63, 3.8) is 0 Å². The van der Waals surface area contributed by atoms with Crippen LogP contribution >= 0.6 is 11.3 Å².